The van der Waals surface area contributed by atoms with Crippen molar-refractivity contribution in [1.82, 2.24) is 0 Å². The first-order valence-electron chi connectivity index (χ1n) is 5.96. The zero-order valence-electron chi connectivity index (χ0n) is 10.3. The average Bonchev–Trinajstić information content (AvgIpc) is 2.93. The topological polar surface area (TPSA) is 3.88 Å². The van der Waals surface area contributed by atoms with Crippen molar-refractivity contribution in [3.8, 4) is 0 Å². The van der Waals surface area contributed by atoms with E-state index >= 15 is 0 Å². The second-order valence-corrected chi connectivity index (χ2v) is 8.35. The normalized spacial score (nSPS) is 16.1. The molecule has 0 spiro atoms. The summed E-state index contributed by atoms with van der Waals surface area (Å²) in [7, 11) is 0. The van der Waals surface area contributed by atoms with Crippen molar-refractivity contribution in [1.29, 1.82) is 0 Å². The minimum absolute atomic E-state index is 0. The molecule has 0 amide bonds. The highest BCUT2D eigenvalue weighted by molar-refractivity contribution is 8.20. The standard InChI is InChI=1S/C13H16NS3.HI/c1-10-14(7-6-13-15-8-9-16-13)11-4-2-3-5-12(11)17-10;/h2-5,13H,6-9H2,1H3;1H/q+1;/p-1. The average molecular weight is 409 g/mol. The lowest BCUT2D eigenvalue weighted by Gasteiger charge is -2.04. The Morgan fingerprint density at radius 3 is 2.72 bits per heavy atom. The van der Waals surface area contributed by atoms with Gasteiger partial charge in [0.1, 0.15) is 4.70 Å². The van der Waals surface area contributed by atoms with Gasteiger partial charge in [-0.15, -0.1) is 23.5 Å². The van der Waals surface area contributed by atoms with Crippen LogP contribution in [0.25, 0.3) is 10.2 Å². The molecule has 1 saturated heterocycles. The van der Waals surface area contributed by atoms with E-state index in [-0.39, 0.29) is 24.0 Å². The summed E-state index contributed by atoms with van der Waals surface area (Å²) in [5.74, 6) is 2.67. The quantitative estimate of drug-likeness (QED) is 0.543. The number of para-hydroxylation sites is 1. The van der Waals surface area contributed by atoms with Crippen molar-refractivity contribution < 1.29 is 28.5 Å². The van der Waals surface area contributed by atoms with E-state index in [0.29, 0.717) is 0 Å². The Hall–Kier alpha value is 0.540. The van der Waals surface area contributed by atoms with Gasteiger partial charge in [0.05, 0.1) is 4.58 Å². The van der Waals surface area contributed by atoms with Crippen LogP contribution in [0, 0.1) is 6.92 Å². The van der Waals surface area contributed by atoms with Crippen LogP contribution in [-0.2, 0) is 6.54 Å². The maximum Gasteiger partial charge on any atom is 0.235 e. The van der Waals surface area contributed by atoms with Crippen LogP contribution in [0.1, 0.15) is 11.4 Å². The molecule has 3 rings (SSSR count). The molecule has 1 aliphatic heterocycles. The molecular weight excluding hydrogens is 393 g/mol. The van der Waals surface area contributed by atoms with Crippen molar-refractivity contribution in [2.24, 2.45) is 0 Å². The van der Waals surface area contributed by atoms with E-state index in [1.165, 1.54) is 39.7 Å². The number of hydrogen-bond acceptors (Lipinski definition) is 3. The summed E-state index contributed by atoms with van der Waals surface area (Å²) in [4.78, 5) is 0. The number of halogens is 1. The molecule has 1 aliphatic rings. The van der Waals surface area contributed by atoms with Crippen LogP contribution < -0.4 is 28.5 Å². The van der Waals surface area contributed by atoms with Gasteiger partial charge < -0.3 is 24.0 Å². The van der Waals surface area contributed by atoms with Gasteiger partial charge in [-0.05, 0) is 6.07 Å². The number of aryl methyl sites for hydroxylation is 2. The summed E-state index contributed by atoms with van der Waals surface area (Å²) in [5, 5.41) is 1.43. The van der Waals surface area contributed by atoms with Gasteiger partial charge in [-0.3, -0.25) is 0 Å². The zero-order chi connectivity index (χ0) is 11.7. The number of hydrogen-bond donors (Lipinski definition) is 0. The first-order valence-corrected chi connectivity index (χ1v) is 8.87. The van der Waals surface area contributed by atoms with E-state index < -0.39 is 0 Å². The van der Waals surface area contributed by atoms with E-state index in [2.05, 4.69) is 59.3 Å². The Labute approximate surface area is 138 Å². The predicted octanol–water partition coefficient (Wildman–Crippen LogP) is 0.697. The van der Waals surface area contributed by atoms with Gasteiger partial charge in [0.2, 0.25) is 10.5 Å². The molecule has 0 unspecified atom stereocenters. The Bertz CT molecular complexity index is 520. The first-order chi connectivity index (χ1) is 8.34. The Morgan fingerprint density at radius 1 is 1.22 bits per heavy atom. The van der Waals surface area contributed by atoms with Crippen molar-refractivity contribution in [2.45, 2.75) is 24.5 Å². The highest BCUT2D eigenvalue weighted by Gasteiger charge is 2.21. The van der Waals surface area contributed by atoms with E-state index in [1.807, 2.05) is 11.3 Å². The van der Waals surface area contributed by atoms with Gasteiger partial charge >= 0.3 is 0 Å². The van der Waals surface area contributed by atoms with Crippen LogP contribution in [0.3, 0.4) is 0 Å². The Kier molecular flexibility index (Phi) is 5.65. The fourth-order valence-electron chi connectivity index (χ4n) is 2.24. The number of rotatable bonds is 3. The number of thiazole rings is 1. The SMILES string of the molecule is Cc1sc2ccccc2[n+]1CCC1SCCS1.[I-]. The molecule has 0 atom stereocenters. The zero-order valence-corrected chi connectivity index (χ0v) is 14.9. The Balaban J connectivity index is 0.00000120. The van der Waals surface area contributed by atoms with Gasteiger partial charge in [-0.25, -0.2) is 0 Å². The number of nitrogens with zero attached hydrogens (tertiary/aromatic N) is 1. The monoisotopic (exact) mass is 409 g/mol. The van der Waals surface area contributed by atoms with Crippen LogP contribution >= 0.6 is 34.9 Å². The smallest absolute Gasteiger partial charge is 0.235 e. The third kappa shape index (κ3) is 3.16. The van der Waals surface area contributed by atoms with Crippen LogP contribution in [0.5, 0.6) is 0 Å². The van der Waals surface area contributed by atoms with Crippen LogP contribution in [0.15, 0.2) is 24.3 Å². The molecule has 0 bridgehead atoms. The molecule has 1 aromatic heterocycles. The highest BCUT2D eigenvalue weighted by atomic mass is 127. The van der Waals surface area contributed by atoms with Gasteiger partial charge in [-0.1, -0.05) is 23.5 Å². The third-order valence-electron chi connectivity index (χ3n) is 3.07. The lowest BCUT2D eigenvalue weighted by Crippen LogP contribution is -3.00. The number of thioether (sulfide) groups is 2. The molecule has 0 aliphatic carbocycles. The summed E-state index contributed by atoms with van der Waals surface area (Å²) in [6, 6.07) is 8.74. The van der Waals surface area contributed by atoms with Crippen molar-refractivity contribution in [3.05, 3.63) is 29.3 Å². The molecule has 2 heterocycles. The van der Waals surface area contributed by atoms with Gasteiger partial charge in [0.15, 0.2) is 6.54 Å². The number of fused-ring (bicyclic) bond motifs is 1. The predicted molar refractivity (Wildman–Crippen MR) is 80.1 cm³/mol. The maximum absolute atomic E-state index is 2.49. The molecule has 1 fully saturated rings. The first kappa shape index (κ1) is 14.9. The highest BCUT2D eigenvalue weighted by Crippen LogP contribution is 2.34. The summed E-state index contributed by atoms with van der Waals surface area (Å²) >= 11 is 6.17. The molecule has 98 valence electrons. The van der Waals surface area contributed by atoms with Crippen LogP contribution in [-0.4, -0.2) is 16.1 Å². The molecule has 18 heavy (non-hydrogen) atoms. The largest absolute Gasteiger partial charge is 1.00 e. The number of benzene rings is 1. The van der Waals surface area contributed by atoms with E-state index in [9.17, 15) is 0 Å². The lowest BCUT2D eigenvalue weighted by atomic mass is 10.3. The Morgan fingerprint density at radius 2 is 1.94 bits per heavy atom. The lowest BCUT2D eigenvalue weighted by molar-refractivity contribution is -0.672. The molecule has 1 aromatic carbocycles. The van der Waals surface area contributed by atoms with Gasteiger partial charge in [0.25, 0.3) is 0 Å². The van der Waals surface area contributed by atoms with Crippen molar-refractivity contribution in [3.63, 3.8) is 0 Å². The summed E-state index contributed by atoms with van der Waals surface area (Å²) in [6.07, 6.45) is 1.29. The molecule has 2 aromatic rings. The van der Waals surface area contributed by atoms with Crippen molar-refractivity contribution >= 4 is 45.1 Å². The molecule has 5 heteroatoms. The summed E-state index contributed by atoms with van der Waals surface area (Å²) < 4.78 is 4.72. The molecule has 0 saturated carbocycles. The molecular formula is C13H16INS3. The van der Waals surface area contributed by atoms with Crippen LogP contribution in [0.2, 0.25) is 0 Å². The molecule has 0 N–H and O–H groups in total. The fourth-order valence-corrected chi connectivity index (χ4v) is 6.09. The van der Waals surface area contributed by atoms with Crippen LogP contribution in [0.4, 0.5) is 0 Å². The summed E-state index contributed by atoms with van der Waals surface area (Å²) in [6.45, 7) is 3.40. The second kappa shape index (κ2) is 6.81. The van der Waals surface area contributed by atoms with E-state index in [0.717, 1.165) is 4.58 Å². The van der Waals surface area contributed by atoms with Gasteiger partial charge in [-0.2, -0.15) is 4.57 Å². The van der Waals surface area contributed by atoms with Crippen molar-refractivity contribution in [2.75, 3.05) is 11.5 Å². The third-order valence-corrected chi connectivity index (χ3v) is 7.32. The van der Waals surface area contributed by atoms with E-state index in [4.69, 9.17) is 0 Å². The number of aromatic nitrogens is 1. The molecule has 0 radical (unpaired) electrons. The fraction of sp³-hybridized carbons (Fsp3) is 0.462. The van der Waals surface area contributed by atoms with E-state index in [1.54, 1.807) is 0 Å². The second-order valence-electron chi connectivity index (χ2n) is 4.20. The maximum atomic E-state index is 2.49. The summed E-state index contributed by atoms with van der Waals surface area (Å²) in [5.41, 5.74) is 1.41. The van der Waals surface area contributed by atoms with Gasteiger partial charge in [0, 0.05) is 30.9 Å². The molecule has 1 nitrogen and oxygen atoms in total. The minimum Gasteiger partial charge on any atom is -1.00 e. The minimum atomic E-state index is 0.